The minimum Gasteiger partial charge on any atom is -0.399 e. The van der Waals surface area contributed by atoms with Crippen molar-refractivity contribution in [2.24, 2.45) is 0 Å². The van der Waals surface area contributed by atoms with E-state index < -0.39 is 47.6 Å². The molecule has 4 aromatic carbocycles. The van der Waals surface area contributed by atoms with E-state index in [1.165, 1.54) is 59.2 Å². The summed E-state index contributed by atoms with van der Waals surface area (Å²) in [7, 11) is 0. The van der Waals surface area contributed by atoms with Gasteiger partial charge in [0.2, 0.25) is 11.8 Å². The Hall–Kier alpha value is -4.09. The number of halogens is 5. The van der Waals surface area contributed by atoms with Crippen molar-refractivity contribution in [3.63, 3.8) is 0 Å². The van der Waals surface area contributed by atoms with Gasteiger partial charge in [-0.05, 0) is 154 Å². The molecule has 0 aliphatic heterocycles. The quantitative estimate of drug-likeness (QED) is 0.0336. The van der Waals surface area contributed by atoms with Crippen molar-refractivity contribution in [1.29, 1.82) is 0 Å². The molecule has 4 aromatic rings. The molecule has 70 heavy (non-hydrogen) atoms. The molecule has 0 saturated heterocycles. The van der Waals surface area contributed by atoms with E-state index in [0.717, 1.165) is 81.0 Å². The molecule has 0 heterocycles. The summed E-state index contributed by atoms with van der Waals surface area (Å²) >= 11 is 2.37. The first-order valence-corrected chi connectivity index (χ1v) is 25.9. The predicted molar refractivity (Wildman–Crippen MR) is 280 cm³/mol. The van der Waals surface area contributed by atoms with Crippen LogP contribution >= 0.6 is 22.6 Å². The summed E-state index contributed by atoms with van der Waals surface area (Å²) in [4.78, 5) is 23.7. The van der Waals surface area contributed by atoms with Crippen LogP contribution < -0.4 is 27.0 Å². The number of nitrogen functional groups attached to an aromatic ring is 1. The molecule has 0 aromatic heterocycles. The number of aliphatic hydroxyl groups excluding tert-OH is 2. The predicted octanol–water partition coefficient (Wildman–Crippen LogP) is 10.4. The van der Waals surface area contributed by atoms with Gasteiger partial charge in [0.25, 0.3) is 0 Å². The lowest BCUT2D eigenvalue weighted by molar-refractivity contribution is -0.121. The molecule has 8 N–H and O–H groups in total. The number of aliphatic hydroxyl groups is 2. The molecule has 4 atom stereocenters. The van der Waals surface area contributed by atoms with Crippen LogP contribution in [0.2, 0.25) is 0 Å². The van der Waals surface area contributed by atoms with Gasteiger partial charge in [0, 0.05) is 59.4 Å². The molecule has 14 heteroatoms. The van der Waals surface area contributed by atoms with Gasteiger partial charge < -0.3 is 37.2 Å². The molecule has 0 radical (unpaired) electrons. The SMILES string of the molecule is CC(=O)N[C@@H](Cc1cc(F)cc(F)c1)[C@H](O)CNC1(c2cc(I)cc(C(C)(C)C)c2)CCCCC1.CC(=O)N[C@@H](Cc1cc(F)cc(F)c1)[C@H](O)CNC1(c2cc(N)cc(C(C)(C)C)c2)CCCCC1. The third-order valence-corrected chi connectivity index (χ3v) is 14.5. The summed E-state index contributed by atoms with van der Waals surface area (Å²) in [6.45, 7) is 16.3. The lowest BCUT2D eigenvalue weighted by atomic mass is 9.74. The molecule has 0 bridgehead atoms. The van der Waals surface area contributed by atoms with E-state index in [1.54, 1.807) is 0 Å². The first-order valence-electron chi connectivity index (χ1n) is 24.8. The average molecular weight is 1090 g/mol. The van der Waals surface area contributed by atoms with Gasteiger partial charge in [-0.3, -0.25) is 9.59 Å². The molecule has 2 aliphatic rings. The molecular weight excluding hydrogens is 1010 g/mol. The van der Waals surface area contributed by atoms with Crippen LogP contribution in [0.3, 0.4) is 0 Å². The Balaban J connectivity index is 0.000000261. The van der Waals surface area contributed by atoms with E-state index in [2.05, 4.69) is 110 Å². The number of rotatable bonds is 16. The van der Waals surface area contributed by atoms with Gasteiger partial charge in [-0.1, -0.05) is 92.2 Å². The number of anilines is 1. The van der Waals surface area contributed by atoms with Crippen LogP contribution in [0.4, 0.5) is 23.2 Å². The van der Waals surface area contributed by atoms with E-state index in [4.69, 9.17) is 5.73 Å². The minimum atomic E-state index is -0.966. The fourth-order valence-corrected chi connectivity index (χ4v) is 10.7. The van der Waals surface area contributed by atoms with E-state index in [1.807, 2.05) is 12.1 Å². The lowest BCUT2D eigenvalue weighted by Gasteiger charge is -2.41. The summed E-state index contributed by atoms with van der Waals surface area (Å²) in [5, 5.41) is 35.0. The summed E-state index contributed by atoms with van der Waals surface area (Å²) in [6.07, 6.45) is 8.71. The third-order valence-electron chi connectivity index (χ3n) is 13.9. The standard InChI is InChI=1S/C28H37F2IN2O2.C28H39F2N3O2/c2*1-18(34)33-25(12-19-10-22(29)16-23(30)11-19)26(35)17-32-28(8-6-5-7-9-28)21-13-20(27(2,3)4)14-24(31)15-21/h10-11,13-16,25-26,32,35H,5-9,12,17H2,1-4H3,(H,33,34);10-11,13-16,25-26,32,35H,5-9,12,17,31H2,1-4H3,(H,33,34)/t2*25-,26+/m00/s1. The van der Waals surface area contributed by atoms with Crippen molar-refractivity contribution in [1.82, 2.24) is 21.3 Å². The Kier molecular flexibility index (Phi) is 19.9. The zero-order valence-electron chi connectivity index (χ0n) is 42.3. The molecule has 6 rings (SSSR count). The van der Waals surface area contributed by atoms with Gasteiger partial charge >= 0.3 is 0 Å². The summed E-state index contributed by atoms with van der Waals surface area (Å²) in [6, 6.07) is 18.1. The van der Waals surface area contributed by atoms with Crippen LogP contribution in [0, 0.1) is 26.8 Å². The summed E-state index contributed by atoms with van der Waals surface area (Å²) in [5.74, 6) is -3.35. The maximum Gasteiger partial charge on any atom is 0.217 e. The number of hydrogen-bond acceptors (Lipinski definition) is 7. The fraction of sp³-hybridized carbons (Fsp3) is 0.536. The topological polar surface area (TPSA) is 149 Å². The van der Waals surface area contributed by atoms with Crippen LogP contribution in [0.1, 0.15) is 153 Å². The van der Waals surface area contributed by atoms with Crippen molar-refractivity contribution in [3.8, 4) is 0 Å². The van der Waals surface area contributed by atoms with Crippen LogP contribution in [0.5, 0.6) is 0 Å². The molecule has 0 spiro atoms. The molecule has 2 saturated carbocycles. The van der Waals surface area contributed by atoms with E-state index >= 15 is 0 Å². The maximum atomic E-state index is 13.7. The van der Waals surface area contributed by atoms with Crippen LogP contribution in [0.25, 0.3) is 0 Å². The van der Waals surface area contributed by atoms with Gasteiger partial charge in [-0.15, -0.1) is 0 Å². The number of hydrogen-bond donors (Lipinski definition) is 7. The van der Waals surface area contributed by atoms with Crippen molar-refractivity contribution in [3.05, 3.63) is 133 Å². The van der Waals surface area contributed by atoms with E-state index in [-0.39, 0.29) is 59.7 Å². The Bertz CT molecular complexity index is 2190. The second-order valence-electron chi connectivity index (χ2n) is 21.8. The highest BCUT2D eigenvalue weighted by atomic mass is 127. The zero-order chi connectivity index (χ0) is 51.6. The minimum absolute atomic E-state index is 0.0159. The van der Waals surface area contributed by atoms with Gasteiger partial charge in [-0.25, -0.2) is 17.6 Å². The number of carbonyl (C=O) groups is 2. The molecule has 2 fully saturated rings. The lowest BCUT2D eigenvalue weighted by Crippen LogP contribution is -2.53. The molecule has 2 aliphatic carbocycles. The highest BCUT2D eigenvalue weighted by molar-refractivity contribution is 14.1. The molecular formula is C56H76F4IN5O4. The number of amides is 2. The van der Waals surface area contributed by atoms with Gasteiger partial charge in [0.1, 0.15) is 23.3 Å². The number of nitrogens with two attached hydrogens (primary N) is 1. The number of nitrogens with one attached hydrogen (secondary N) is 4. The monoisotopic (exact) mass is 1090 g/mol. The second kappa shape index (κ2) is 24.6. The number of benzene rings is 4. The Morgan fingerprint density at radius 3 is 1.29 bits per heavy atom. The van der Waals surface area contributed by atoms with Crippen LogP contribution in [-0.4, -0.2) is 59.4 Å². The van der Waals surface area contributed by atoms with E-state index in [0.29, 0.717) is 16.8 Å². The average Bonchev–Trinajstić information content (AvgIpc) is 3.26. The van der Waals surface area contributed by atoms with E-state index in [9.17, 15) is 37.4 Å². The highest BCUT2D eigenvalue weighted by Gasteiger charge is 2.38. The van der Waals surface area contributed by atoms with Crippen molar-refractivity contribution < 1.29 is 37.4 Å². The largest absolute Gasteiger partial charge is 0.399 e. The van der Waals surface area contributed by atoms with Gasteiger partial charge in [-0.2, -0.15) is 0 Å². The molecule has 2 amide bonds. The Labute approximate surface area is 427 Å². The zero-order valence-corrected chi connectivity index (χ0v) is 44.5. The molecule has 9 nitrogen and oxygen atoms in total. The van der Waals surface area contributed by atoms with Crippen molar-refractivity contribution in [2.45, 2.75) is 179 Å². The van der Waals surface area contributed by atoms with Crippen molar-refractivity contribution in [2.75, 3.05) is 18.8 Å². The summed E-state index contributed by atoms with van der Waals surface area (Å²) in [5.41, 5.74) is 11.9. The highest BCUT2D eigenvalue weighted by Crippen LogP contribution is 2.41. The smallest absolute Gasteiger partial charge is 0.217 e. The Morgan fingerprint density at radius 2 is 0.929 bits per heavy atom. The first kappa shape index (κ1) is 56.8. The maximum absolute atomic E-state index is 13.7. The van der Waals surface area contributed by atoms with Crippen LogP contribution in [-0.2, 0) is 44.3 Å². The second-order valence-corrected chi connectivity index (χ2v) is 23.1. The summed E-state index contributed by atoms with van der Waals surface area (Å²) < 4.78 is 56.0. The Morgan fingerprint density at radius 1 is 0.571 bits per heavy atom. The normalized spacial score (nSPS) is 17.6. The number of carbonyl (C=O) groups excluding carboxylic acids is 2. The molecule has 384 valence electrons. The molecule has 0 unspecified atom stereocenters. The van der Waals surface area contributed by atoms with Gasteiger partial charge in [0.05, 0.1) is 24.3 Å². The van der Waals surface area contributed by atoms with Crippen molar-refractivity contribution >= 4 is 40.1 Å². The van der Waals surface area contributed by atoms with Gasteiger partial charge in [0.15, 0.2) is 0 Å². The third kappa shape index (κ3) is 16.5. The first-order chi connectivity index (χ1) is 32.8. The fourth-order valence-electron chi connectivity index (χ4n) is 10.0. The van der Waals surface area contributed by atoms with Crippen LogP contribution in [0.15, 0.2) is 72.8 Å².